The third kappa shape index (κ3) is 3.22. The maximum atomic E-state index is 2.41. The second-order valence-electron chi connectivity index (χ2n) is 6.35. The zero-order valence-electron chi connectivity index (χ0n) is 12.1. The molecule has 1 saturated heterocycles. The minimum absolute atomic E-state index is 0.691. The molecule has 0 spiro atoms. The van der Waals surface area contributed by atoms with Gasteiger partial charge in [-0.1, -0.05) is 88.9 Å². The molecule has 1 aliphatic heterocycles. The first-order valence-electron chi connectivity index (χ1n) is 7.66. The van der Waals surface area contributed by atoms with E-state index < -0.39 is 16.1 Å². The minimum Gasteiger partial charge on any atom is -0.0657 e. The summed E-state index contributed by atoms with van der Waals surface area (Å²) in [6.07, 6.45) is 5.87. The summed E-state index contributed by atoms with van der Waals surface area (Å²) < 4.78 is 0. The van der Waals surface area contributed by atoms with Gasteiger partial charge in [-0.2, -0.15) is 0 Å². The monoisotopic (exact) mass is 256 g/mol. The molecule has 1 aliphatic rings. The predicted octanol–water partition coefficient (Wildman–Crippen LogP) is 5.62. The van der Waals surface area contributed by atoms with Crippen molar-refractivity contribution in [3.63, 3.8) is 0 Å². The minimum atomic E-state index is -0.691. The van der Waals surface area contributed by atoms with Crippen LogP contribution in [-0.2, 0) is 0 Å². The Kier molecular flexibility index (Phi) is 5.79. The van der Waals surface area contributed by atoms with Crippen LogP contribution in [0.25, 0.3) is 0 Å². The van der Waals surface area contributed by atoms with E-state index in [1.54, 1.807) is 24.2 Å². The van der Waals surface area contributed by atoms with E-state index in [1.165, 1.54) is 25.7 Å². The number of hydrogen-bond acceptors (Lipinski definition) is 0. The maximum Gasteiger partial charge on any atom is 0.0483 e. The molecule has 1 rings (SSSR count). The third-order valence-electron chi connectivity index (χ3n) is 4.62. The summed E-state index contributed by atoms with van der Waals surface area (Å²) in [5.74, 6) is 0. The molecule has 1 fully saturated rings. The van der Waals surface area contributed by atoms with Crippen molar-refractivity contribution in [1.82, 2.24) is 0 Å². The SMILES string of the molecule is CCC[Si]1(CCC)C[Si](CCC)(CCC)C1. The van der Waals surface area contributed by atoms with Gasteiger partial charge in [-0.25, -0.2) is 0 Å². The summed E-state index contributed by atoms with van der Waals surface area (Å²) in [6.45, 7) is 9.63. The van der Waals surface area contributed by atoms with E-state index in [1.807, 2.05) is 11.3 Å². The fourth-order valence-corrected chi connectivity index (χ4v) is 27.3. The molecule has 1 heterocycles. The molecular weight excluding hydrogens is 224 g/mol. The third-order valence-corrected chi connectivity index (χ3v) is 22.9. The Balaban J connectivity index is 2.56. The number of rotatable bonds is 8. The van der Waals surface area contributed by atoms with Crippen LogP contribution in [0, 0.1) is 0 Å². The van der Waals surface area contributed by atoms with Crippen LogP contribution in [0.4, 0.5) is 0 Å². The highest BCUT2D eigenvalue weighted by Gasteiger charge is 2.54. The molecule has 0 nitrogen and oxygen atoms in total. The fourth-order valence-electron chi connectivity index (χ4n) is 4.62. The lowest BCUT2D eigenvalue weighted by Crippen LogP contribution is -2.62. The molecule has 0 aromatic heterocycles. The summed E-state index contributed by atoms with van der Waals surface area (Å²) >= 11 is 0. The molecular formula is C14H32Si2. The summed E-state index contributed by atoms with van der Waals surface area (Å²) in [6, 6.07) is 6.62. The van der Waals surface area contributed by atoms with Crippen molar-refractivity contribution in [3.8, 4) is 0 Å². The number of hydrogen-bond donors (Lipinski definition) is 0. The molecule has 0 bridgehead atoms. The van der Waals surface area contributed by atoms with Crippen LogP contribution in [0.3, 0.4) is 0 Å². The topological polar surface area (TPSA) is 0 Å². The van der Waals surface area contributed by atoms with Crippen LogP contribution in [0.2, 0.25) is 35.5 Å². The zero-order valence-corrected chi connectivity index (χ0v) is 14.1. The maximum absolute atomic E-state index is 2.41. The van der Waals surface area contributed by atoms with Gasteiger partial charge in [0.1, 0.15) is 0 Å². The van der Waals surface area contributed by atoms with Gasteiger partial charge < -0.3 is 0 Å². The highest BCUT2D eigenvalue weighted by Crippen LogP contribution is 2.51. The Bertz CT molecular complexity index is 159. The van der Waals surface area contributed by atoms with E-state index in [4.69, 9.17) is 0 Å². The normalized spacial score (nSPS) is 21.8. The summed E-state index contributed by atoms with van der Waals surface area (Å²) in [7, 11) is -1.38. The van der Waals surface area contributed by atoms with Crippen molar-refractivity contribution in [2.75, 3.05) is 0 Å². The lowest BCUT2D eigenvalue weighted by Gasteiger charge is -2.55. The molecule has 0 radical (unpaired) electrons. The lowest BCUT2D eigenvalue weighted by atomic mass is 10.6. The second-order valence-corrected chi connectivity index (χ2v) is 17.2. The summed E-state index contributed by atoms with van der Waals surface area (Å²) in [4.78, 5) is 0. The van der Waals surface area contributed by atoms with Gasteiger partial charge in [0, 0.05) is 16.1 Å². The van der Waals surface area contributed by atoms with Crippen LogP contribution in [0.5, 0.6) is 0 Å². The van der Waals surface area contributed by atoms with Crippen LogP contribution in [0.1, 0.15) is 53.4 Å². The quantitative estimate of drug-likeness (QED) is 0.495. The summed E-state index contributed by atoms with van der Waals surface area (Å²) in [5.41, 5.74) is 3.65. The van der Waals surface area contributed by atoms with E-state index in [9.17, 15) is 0 Å². The summed E-state index contributed by atoms with van der Waals surface area (Å²) in [5, 5.41) is 0. The smallest absolute Gasteiger partial charge is 0.0483 e. The molecule has 0 saturated carbocycles. The first-order chi connectivity index (χ1) is 7.66. The van der Waals surface area contributed by atoms with Crippen molar-refractivity contribution < 1.29 is 0 Å². The first kappa shape index (κ1) is 14.5. The van der Waals surface area contributed by atoms with Crippen molar-refractivity contribution >= 4 is 16.1 Å². The van der Waals surface area contributed by atoms with E-state index in [0.29, 0.717) is 0 Å². The van der Waals surface area contributed by atoms with Gasteiger partial charge in [0.25, 0.3) is 0 Å². The first-order valence-corrected chi connectivity index (χ1v) is 13.3. The Labute approximate surface area is 105 Å². The van der Waals surface area contributed by atoms with Crippen LogP contribution in [-0.4, -0.2) is 16.1 Å². The molecule has 96 valence electrons. The molecule has 0 unspecified atom stereocenters. The molecule has 0 N–H and O–H groups in total. The van der Waals surface area contributed by atoms with E-state index in [-0.39, 0.29) is 0 Å². The Hall–Kier alpha value is 0.434. The molecule has 0 amide bonds. The van der Waals surface area contributed by atoms with Crippen LogP contribution >= 0.6 is 0 Å². The average molecular weight is 257 g/mol. The van der Waals surface area contributed by atoms with Gasteiger partial charge in [0.05, 0.1) is 0 Å². The van der Waals surface area contributed by atoms with Gasteiger partial charge >= 0.3 is 0 Å². The average Bonchev–Trinajstić information content (AvgIpc) is 2.17. The Morgan fingerprint density at radius 1 is 0.562 bits per heavy atom. The van der Waals surface area contributed by atoms with Crippen molar-refractivity contribution in [1.29, 1.82) is 0 Å². The molecule has 0 aliphatic carbocycles. The van der Waals surface area contributed by atoms with Crippen LogP contribution in [0.15, 0.2) is 0 Å². The van der Waals surface area contributed by atoms with Gasteiger partial charge in [0.15, 0.2) is 0 Å². The zero-order chi connectivity index (χ0) is 12.1. The second kappa shape index (κ2) is 6.39. The fraction of sp³-hybridized carbons (Fsp3) is 1.00. The Morgan fingerprint density at radius 3 is 1.00 bits per heavy atom. The standard InChI is InChI=1S/C14H32Si2/c1-5-9-15(10-6-2)13-16(14-15,11-7-3)12-8-4/h5-14H2,1-4H3. The molecule has 0 aromatic carbocycles. The van der Waals surface area contributed by atoms with E-state index in [0.717, 1.165) is 0 Å². The lowest BCUT2D eigenvalue weighted by molar-refractivity contribution is 0.905. The predicted molar refractivity (Wildman–Crippen MR) is 81.5 cm³/mol. The highest BCUT2D eigenvalue weighted by atomic mass is 28.5. The van der Waals surface area contributed by atoms with Crippen LogP contribution < -0.4 is 0 Å². The molecule has 0 atom stereocenters. The largest absolute Gasteiger partial charge is 0.0657 e. The van der Waals surface area contributed by atoms with Gasteiger partial charge in [0.2, 0.25) is 0 Å². The highest BCUT2D eigenvalue weighted by molar-refractivity contribution is 7.13. The van der Waals surface area contributed by atoms with Crippen molar-refractivity contribution in [2.24, 2.45) is 0 Å². The van der Waals surface area contributed by atoms with Gasteiger partial charge in [-0.05, 0) is 0 Å². The van der Waals surface area contributed by atoms with Crippen molar-refractivity contribution in [3.05, 3.63) is 0 Å². The van der Waals surface area contributed by atoms with E-state index in [2.05, 4.69) is 27.7 Å². The molecule has 0 aromatic rings. The molecule has 16 heavy (non-hydrogen) atoms. The van der Waals surface area contributed by atoms with Gasteiger partial charge in [-0.15, -0.1) is 0 Å². The Morgan fingerprint density at radius 2 is 0.812 bits per heavy atom. The molecule has 2 heteroatoms. The van der Waals surface area contributed by atoms with E-state index >= 15 is 0 Å². The van der Waals surface area contributed by atoms with Crippen molar-refractivity contribution in [2.45, 2.75) is 88.9 Å². The van der Waals surface area contributed by atoms with Gasteiger partial charge in [-0.3, -0.25) is 0 Å².